The summed E-state index contributed by atoms with van der Waals surface area (Å²) >= 11 is 1.97. The number of aromatic nitrogens is 4. The number of nitrogens with zero attached hydrogens (tertiary/aromatic N) is 4. The van der Waals surface area contributed by atoms with Gasteiger partial charge in [0.25, 0.3) is 0 Å². The van der Waals surface area contributed by atoms with Crippen molar-refractivity contribution in [2.75, 3.05) is 5.73 Å². The van der Waals surface area contributed by atoms with Gasteiger partial charge >= 0.3 is 0 Å². The van der Waals surface area contributed by atoms with E-state index in [9.17, 15) is 0 Å². The number of hydrogen-bond donors (Lipinski definition) is 1. The van der Waals surface area contributed by atoms with Crippen molar-refractivity contribution in [2.24, 2.45) is 0 Å². The zero-order chi connectivity index (χ0) is 38.3. The van der Waals surface area contributed by atoms with Gasteiger partial charge in [0.15, 0.2) is 11.6 Å². The first kappa shape index (κ1) is 33.6. The van der Waals surface area contributed by atoms with E-state index in [0.29, 0.717) is 11.6 Å². The molecule has 2 aromatic heterocycles. The van der Waals surface area contributed by atoms with Crippen molar-refractivity contribution in [1.82, 2.24) is 19.5 Å². The molecule has 4 aliphatic rings. The monoisotopic (exact) mass is 745 g/mol. The van der Waals surface area contributed by atoms with Crippen LogP contribution in [0, 0.1) is 0 Å². The van der Waals surface area contributed by atoms with Gasteiger partial charge in [0.2, 0.25) is 0 Å². The molecule has 0 amide bonds. The predicted molar refractivity (Wildman–Crippen MR) is 231 cm³/mol. The molecule has 0 radical (unpaired) electrons. The largest absolute Gasteiger partial charge is 0.385 e. The lowest BCUT2D eigenvalue weighted by Crippen LogP contribution is -2.39. The van der Waals surface area contributed by atoms with Gasteiger partial charge in [-0.1, -0.05) is 136 Å². The van der Waals surface area contributed by atoms with Gasteiger partial charge in [0.05, 0.1) is 21.4 Å². The van der Waals surface area contributed by atoms with Crippen LogP contribution in [0.15, 0.2) is 137 Å². The van der Waals surface area contributed by atoms with Crippen LogP contribution in [-0.2, 0) is 10.8 Å². The fraction of sp³-hybridized carbons (Fsp3) is 0.220. The molecule has 6 heteroatoms. The lowest BCUT2D eigenvalue weighted by molar-refractivity contribution is 0.575. The fourth-order valence-corrected chi connectivity index (χ4v) is 12.6. The Balaban J connectivity index is 1.35. The highest BCUT2D eigenvalue weighted by molar-refractivity contribution is 8.01. The predicted octanol–water partition coefficient (Wildman–Crippen LogP) is 12.1. The fourth-order valence-electron chi connectivity index (χ4n) is 11.1. The molecule has 11 rings (SSSR count). The molecule has 0 saturated carbocycles. The van der Waals surface area contributed by atoms with Gasteiger partial charge in [0.1, 0.15) is 11.6 Å². The highest BCUT2D eigenvalue weighted by atomic mass is 32.2. The average Bonchev–Trinajstić information content (AvgIpc) is 3.77. The Hall–Kier alpha value is -5.72. The molecule has 2 N–H and O–H groups in total. The molecule has 56 heavy (non-hydrogen) atoms. The summed E-state index contributed by atoms with van der Waals surface area (Å²) in [6.45, 7) is 14.2. The number of rotatable bonds is 2. The Bertz CT molecular complexity index is 2920. The van der Waals surface area contributed by atoms with E-state index >= 15 is 0 Å². The summed E-state index contributed by atoms with van der Waals surface area (Å²) in [5.41, 5.74) is 22.3. The third-order valence-corrected chi connectivity index (χ3v) is 14.8. The smallest absolute Gasteiger partial charge is 0.164 e. The Morgan fingerprint density at radius 1 is 0.696 bits per heavy atom. The lowest BCUT2D eigenvalue weighted by Gasteiger charge is -2.45. The number of anilines is 1. The number of allylic oxidation sites excluding steroid dienone is 2. The standard InChI is InChI=1S/C50H43N5S/c1-7-35-41-28(2)40-33-20-11-13-24-37(33)55(44(40)51)38-25-16-22-31-30-21-15-23-34(42(30)48(3,4)43(31)38)46-52-45(29-17-9-8-10-18-29)53-47(54-46)49(35,5)27-36-32-19-12-14-26-39(32)56-50(36,41)6/h8-28H,7,51H2,1-6H3. The Kier molecular flexibility index (Phi) is 6.85. The summed E-state index contributed by atoms with van der Waals surface area (Å²) in [7, 11) is 0. The first-order valence-electron chi connectivity index (χ1n) is 19.8. The van der Waals surface area contributed by atoms with E-state index in [0.717, 1.165) is 40.4 Å². The van der Waals surface area contributed by atoms with Crippen molar-refractivity contribution < 1.29 is 0 Å². The maximum Gasteiger partial charge on any atom is 0.164 e. The van der Waals surface area contributed by atoms with E-state index < -0.39 is 10.8 Å². The number of para-hydroxylation sites is 1. The molecule has 3 unspecified atom stereocenters. The van der Waals surface area contributed by atoms with E-state index in [2.05, 4.69) is 161 Å². The Labute approximate surface area is 332 Å². The minimum atomic E-state index is -0.652. The van der Waals surface area contributed by atoms with Crippen molar-refractivity contribution >= 4 is 34.1 Å². The third-order valence-electron chi connectivity index (χ3n) is 13.3. The zero-order valence-corrected chi connectivity index (χ0v) is 33.4. The van der Waals surface area contributed by atoms with E-state index in [-0.39, 0.29) is 10.7 Å². The topological polar surface area (TPSA) is 69.6 Å². The van der Waals surface area contributed by atoms with Crippen LogP contribution in [0.1, 0.15) is 82.0 Å². The minimum Gasteiger partial charge on any atom is -0.385 e. The number of thioether (sulfide) groups is 1. The number of nitrogen functional groups attached to an aromatic ring is 1. The van der Waals surface area contributed by atoms with Gasteiger partial charge in [-0.15, -0.1) is 11.8 Å². The van der Waals surface area contributed by atoms with Crippen LogP contribution in [0.25, 0.3) is 56.1 Å². The average molecular weight is 746 g/mol. The second kappa shape index (κ2) is 11.4. The lowest BCUT2D eigenvalue weighted by atomic mass is 9.63. The molecule has 5 nitrogen and oxygen atoms in total. The highest BCUT2D eigenvalue weighted by Gasteiger charge is 2.53. The maximum atomic E-state index is 7.66. The van der Waals surface area contributed by atoms with E-state index in [1.807, 2.05) is 17.8 Å². The summed E-state index contributed by atoms with van der Waals surface area (Å²) in [6.07, 6.45) is 3.33. The van der Waals surface area contributed by atoms with Gasteiger partial charge < -0.3 is 5.73 Å². The molecule has 0 spiro atoms. The van der Waals surface area contributed by atoms with Crippen molar-refractivity contribution in [3.8, 4) is 39.6 Å². The molecule has 0 fully saturated rings. The summed E-state index contributed by atoms with van der Waals surface area (Å²) in [5, 5.41) is 1.19. The molecule has 2 aliphatic heterocycles. The zero-order valence-electron chi connectivity index (χ0n) is 32.6. The molecule has 3 atom stereocenters. The highest BCUT2D eigenvalue weighted by Crippen LogP contribution is 2.65. The molecule has 8 bridgehead atoms. The van der Waals surface area contributed by atoms with Gasteiger partial charge in [-0.3, -0.25) is 4.57 Å². The molecule has 4 heterocycles. The van der Waals surface area contributed by atoms with Gasteiger partial charge in [-0.2, -0.15) is 0 Å². The van der Waals surface area contributed by atoms with Gasteiger partial charge in [-0.05, 0) is 77.4 Å². The molecule has 7 aromatic rings. The quantitative estimate of drug-likeness (QED) is 0.178. The normalized spacial score (nSPS) is 22.3. The maximum absolute atomic E-state index is 7.66. The SMILES string of the molecule is CCC1=C2C(C)c3c(N)n(c4ccccc34)-c3cccc4c3C(C)(C)c3c(cccc3-4)-c3nc(-c4ccccc4)nc(n3)C1(C)C=C1c3ccccc3SC12C. The molecule has 2 aliphatic carbocycles. The molecular formula is C50H43N5S. The number of hydrogen-bond acceptors (Lipinski definition) is 5. The van der Waals surface area contributed by atoms with Crippen molar-refractivity contribution in [3.05, 3.63) is 161 Å². The van der Waals surface area contributed by atoms with E-state index in [4.69, 9.17) is 20.7 Å². The van der Waals surface area contributed by atoms with Crippen LogP contribution in [0.3, 0.4) is 0 Å². The summed E-state index contributed by atoms with van der Waals surface area (Å²) in [6, 6.07) is 41.5. The molecular weight excluding hydrogens is 703 g/mol. The second-order valence-corrected chi connectivity index (χ2v) is 18.2. The van der Waals surface area contributed by atoms with Crippen molar-refractivity contribution in [1.29, 1.82) is 0 Å². The van der Waals surface area contributed by atoms with Crippen LogP contribution >= 0.6 is 11.8 Å². The van der Waals surface area contributed by atoms with Crippen molar-refractivity contribution in [2.45, 2.75) is 74.4 Å². The van der Waals surface area contributed by atoms with Gasteiger partial charge in [-0.25, -0.2) is 15.0 Å². The van der Waals surface area contributed by atoms with Crippen molar-refractivity contribution in [3.63, 3.8) is 0 Å². The number of fused-ring (bicyclic) bond motifs is 16. The number of nitrogens with two attached hydrogens (primary N) is 1. The van der Waals surface area contributed by atoms with Crippen LogP contribution in [0.4, 0.5) is 5.82 Å². The minimum absolute atomic E-state index is 0.0303. The van der Waals surface area contributed by atoms with Crippen LogP contribution in [0.5, 0.6) is 0 Å². The first-order chi connectivity index (χ1) is 27.1. The summed E-state index contributed by atoms with van der Waals surface area (Å²) < 4.78 is 2.01. The molecule has 274 valence electrons. The van der Waals surface area contributed by atoms with Crippen LogP contribution in [0.2, 0.25) is 0 Å². The van der Waals surface area contributed by atoms with E-state index in [1.165, 1.54) is 60.4 Å². The Morgan fingerprint density at radius 3 is 2.16 bits per heavy atom. The second-order valence-electron chi connectivity index (χ2n) is 16.7. The van der Waals surface area contributed by atoms with Gasteiger partial charge in [0, 0.05) is 38.3 Å². The molecule has 0 saturated heterocycles. The summed E-state index contributed by atoms with van der Waals surface area (Å²) in [5.74, 6) is 2.92. The van der Waals surface area contributed by atoms with E-state index in [1.54, 1.807) is 0 Å². The summed E-state index contributed by atoms with van der Waals surface area (Å²) in [4.78, 5) is 17.8. The first-order valence-corrected chi connectivity index (χ1v) is 20.6. The molecule has 5 aromatic carbocycles. The van der Waals surface area contributed by atoms with Crippen LogP contribution in [-0.4, -0.2) is 24.3 Å². The Morgan fingerprint density at radius 2 is 1.36 bits per heavy atom. The third kappa shape index (κ3) is 4.20. The van der Waals surface area contributed by atoms with Crippen LogP contribution < -0.4 is 5.73 Å². The number of benzene rings is 5.